The van der Waals surface area contributed by atoms with Crippen molar-refractivity contribution in [3.05, 3.63) is 58.9 Å². The zero-order chi connectivity index (χ0) is 19.6. The van der Waals surface area contributed by atoms with Gasteiger partial charge in [0.25, 0.3) is 0 Å². The Morgan fingerprint density at radius 2 is 1.85 bits per heavy atom. The summed E-state index contributed by atoms with van der Waals surface area (Å²) in [5.41, 5.74) is -1.03. The minimum absolute atomic E-state index is 0.109. The number of aromatic nitrogens is 4. The van der Waals surface area contributed by atoms with Gasteiger partial charge < -0.3 is 5.32 Å². The van der Waals surface area contributed by atoms with Gasteiger partial charge in [0.2, 0.25) is 11.7 Å². The molecule has 6 nitrogen and oxygen atoms in total. The highest BCUT2D eigenvalue weighted by atomic mass is 35.5. The molecular weight excluding hydrogens is 390 g/mol. The SMILES string of the molecule is O=C(Cn1nnc(-c2ccc(F)cc2)n1)Nc1ccc(Cl)cc1C(F)(F)F. The van der Waals surface area contributed by atoms with Gasteiger partial charge in [-0.3, -0.25) is 4.79 Å². The molecule has 1 amide bonds. The highest BCUT2D eigenvalue weighted by molar-refractivity contribution is 6.30. The van der Waals surface area contributed by atoms with Crippen molar-refractivity contribution in [3.8, 4) is 11.4 Å². The second-order valence-electron chi connectivity index (χ2n) is 5.39. The smallest absolute Gasteiger partial charge is 0.324 e. The summed E-state index contributed by atoms with van der Waals surface area (Å²) in [5.74, 6) is -1.08. The highest BCUT2D eigenvalue weighted by Gasteiger charge is 2.34. The van der Waals surface area contributed by atoms with Gasteiger partial charge >= 0.3 is 6.18 Å². The molecule has 3 aromatic rings. The number of rotatable bonds is 4. The van der Waals surface area contributed by atoms with E-state index in [4.69, 9.17) is 11.6 Å². The molecule has 0 spiro atoms. The highest BCUT2D eigenvalue weighted by Crippen LogP contribution is 2.36. The van der Waals surface area contributed by atoms with Crippen LogP contribution in [0.1, 0.15) is 5.56 Å². The Morgan fingerprint density at radius 3 is 2.52 bits per heavy atom. The predicted octanol–water partition coefficient (Wildman–Crippen LogP) is 3.79. The number of benzene rings is 2. The lowest BCUT2D eigenvalue weighted by atomic mass is 10.1. The van der Waals surface area contributed by atoms with Crippen LogP contribution in [0.2, 0.25) is 5.02 Å². The van der Waals surface area contributed by atoms with Crippen LogP contribution in [0.25, 0.3) is 11.4 Å². The van der Waals surface area contributed by atoms with E-state index in [2.05, 4.69) is 20.7 Å². The molecule has 0 radical (unpaired) electrons. The molecule has 1 N–H and O–H groups in total. The van der Waals surface area contributed by atoms with Gasteiger partial charge in [-0.05, 0) is 47.7 Å². The molecule has 0 fully saturated rings. The van der Waals surface area contributed by atoms with Gasteiger partial charge in [-0.2, -0.15) is 18.0 Å². The first kappa shape index (κ1) is 18.8. The van der Waals surface area contributed by atoms with Gasteiger partial charge in [-0.25, -0.2) is 4.39 Å². The Balaban J connectivity index is 1.73. The number of nitrogens with zero attached hydrogens (tertiary/aromatic N) is 4. The maximum Gasteiger partial charge on any atom is 0.418 e. The molecule has 0 saturated heterocycles. The van der Waals surface area contributed by atoms with Gasteiger partial charge in [-0.15, -0.1) is 10.2 Å². The van der Waals surface area contributed by atoms with Crippen LogP contribution < -0.4 is 5.32 Å². The normalized spacial score (nSPS) is 11.4. The molecule has 0 unspecified atom stereocenters. The Labute approximate surface area is 154 Å². The summed E-state index contributed by atoms with van der Waals surface area (Å²) >= 11 is 5.59. The molecule has 11 heteroatoms. The quantitative estimate of drug-likeness (QED) is 0.677. The lowest BCUT2D eigenvalue weighted by Crippen LogP contribution is -2.22. The number of hydrogen-bond donors (Lipinski definition) is 1. The number of halogens is 5. The van der Waals surface area contributed by atoms with Crippen LogP contribution in [0, 0.1) is 5.82 Å². The van der Waals surface area contributed by atoms with Crippen LogP contribution in [0.15, 0.2) is 42.5 Å². The molecule has 1 heterocycles. The van der Waals surface area contributed by atoms with E-state index in [1.807, 2.05) is 0 Å². The Kier molecular flexibility index (Phi) is 5.08. The number of carbonyl (C=O) groups excluding carboxylic acids is 1. The second kappa shape index (κ2) is 7.31. The molecule has 0 atom stereocenters. The van der Waals surface area contributed by atoms with Crippen LogP contribution >= 0.6 is 11.6 Å². The minimum Gasteiger partial charge on any atom is -0.324 e. The standard InChI is InChI=1S/C16H10ClF4N5O/c17-10-3-6-13(12(7-10)16(19,20)21)22-14(27)8-26-24-15(23-25-26)9-1-4-11(18)5-2-9/h1-7H,8H2,(H,22,27). The maximum atomic E-state index is 13.0. The molecule has 140 valence electrons. The number of alkyl halides is 3. The molecule has 0 aliphatic heterocycles. The lowest BCUT2D eigenvalue weighted by Gasteiger charge is -2.13. The van der Waals surface area contributed by atoms with Crippen LogP contribution in [-0.4, -0.2) is 26.1 Å². The van der Waals surface area contributed by atoms with Gasteiger partial charge in [0.15, 0.2) is 0 Å². The van der Waals surface area contributed by atoms with Crippen molar-refractivity contribution in [3.63, 3.8) is 0 Å². The Hall–Kier alpha value is -3.01. The molecule has 27 heavy (non-hydrogen) atoms. The van der Waals surface area contributed by atoms with E-state index in [0.29, 0.717) is 5.56 Å². The number of hydrogen-bond acceptors (Lipinski definition) is 4. The van der Waals surface area contributed by atoms with Gasteiger partial charge in [0.05, 0.1) is 11.3 Å². The average Bonchev–Trinajstić information content (AvgIpc) is 3.04. The van der Waals surface area contributed by atoms with E-state index in [1.165, 1.54) is 30.3 Å². The van der Waals surface area contributed by atoms with E-state index in [-0.39, 0.29) is 10.8 Å². The van der Waals surface area contributed by atoms with Crippen molar-refractivity contribution >= 4 is 23.2 Å². The van der Waals surface area contributed by atoms with Gasteiger partial charge in [0.1, 0.15) is 12.4 Å². The van der Waals surface area contributed by atoms with E-state index < -0.39 is 35.7 Å². The van der Waals surface area contributed by atoms with E-state index in [9.17, 15) is 22.4 Å². The molecule has 3 rings (SSSR count). The van der Waals surface area contributed by atoms with Crippen molar-refractivity contribution in [2.45, 2.75) is 12.7 Å². The fourth-order valence-electron chi connectivity index (χ4n) is 2.20. The first-order valence-electron chi connectivity index (χ1n) is 7.43. The fraction of sp³-hybridized carbons (Fsp3) is 0.125. The maximum absolute atomic E-state index is 13.0. The molecule has 0 bridgehead atoms. The monoisotopic (exact) mass is 399 g/mol. The number of amides is 1. The molecular formula is C16H10ClF4N5O. The Bertz CT molecular complexity index is 972. The third-order valence-corrected chi connectivity index (χ3v) is 3.64. The van der Waals surface area contributed by atoms with Gasteiger partial charge in [-0.1, -0.05) is 11.6 Å². The Morgan fingerprint density at radius 1 is 1.15 bits per heavy atom. The zero-order valence-corrected chi connectivity index (χ0v) is 14.1. The third-order valence-electron chi connectivity index (χ3n) is 3.40. The summed E-state index contributed by atoms with van der Waals surface area (Å²) < 4.78 is 52.1. The molecule has 2 aromatic carbocycles. The van der Waals surface area contributed by atoms with Crippen molar-refractivity contribution in [1.82, 2.24) is 20.2 Å². The van der Waals surface area contributed by atoms with Crippen LogP contribution in [0.5, 0.6) is 0 Å². The molecule has 1 aromatic heterocycles. The summed E-state index contributed by atoms with van der Waals surface area (Å²) in [4.78, 5) is 13.0. The first-order valence-corrected chi connectivity index (χ1v) is 7.80. The molecule has 0 aliphatic carbocycles. The number of tetrazole rings is 1. The summed E-state index contributed by atoms with van der Waals surface area (Å²) in [5, 5.41) is 13.4. The average molecular weight is 400 g/mol. The van der Waals surface area contributed by atoms with E-state index in [0.717, 1.165) is 16.9 Å². The minimum atomic E-state index is -4.69. The molecule has 0 saturated carbocycles. The van der Waals surface area contributed by atoms with Crippen molar-refractivity contribution in [2.24, 2.45) is 0 Å². The van der Waals surface area contributed by atoms with Crippen LogP contribution in [0.3, 0.4) is 0 Å². The van der Waals surface area contributed by atoms with Crippen LogP contribution in [-0.2, 0) is 17.5 Å². The lowest BCUT2D eigenvalue weighted by molar-refractivity contribution is -0.137. The van der Waals surface area contributed by atoms with Crippen LogP contribution in [0.4, 0.5) is 23.2 Å². The van der Waals surface area contributed by atoms with E-state index >= 15 is 0 Å². The summed E-state index contributed by atoms with van der Waals surface area (Å²) in [6.07, 6.45) is -4.69. The zero-order valence-electron chi connectivity index (χ0n) is 13.3. The molecule has 0 aliphatic rings. The third kappa shape index (κ3) is 4.59. The number of anilines is 1. The van der Waals surface area contributed by atoms with E-state index in [1.54, 1.807) is 0 Å². The summed E-state index contributed by atoms with van der Waals surface area (Å²) in [6.45, 7) is -0.464. The predicted molar refractivity (Wildman–Crippen MR) is 88.3 cm³/mol. The first-order chi connectivity index (χ1) is 12.7. The topological polar surface area (TPSA) is 72.7 Å². The number of nitrogens with one attached hydrogen (secondary N) is 1. The van der Waals surface area contributed by atoms with Gasteiger partial charge in [0, 0.05) is 10.6 Å². The fourth-order valence-corrected chi connectivity index (χ4v) is 2.38. The van der Waals surface area contributed by atoms with Crippen molar-refractivity contribution in [2.75, 3.05) is 5.32 Å². The largest absolute Gasteiger partial charge is 0.418 e. The van der Waals surface area contributed by atoms with Crippen molar-refractivity contribution < 1.29 is 22.4 Å². The van der Waals surface area contributed by atoms with Crippen molar-refractivity contribution in [1.29, 1.82) is 0 Å². The summed E-state index contributed by atoms with van der Waals surface area (Å²) in [7, 11) is 0. The second-order valence-corrected chi connectivity index (χ2v) is 5.82. The summed E-state index contributed by atoms with van der Waals surface area (Å²) in [6, 6.07) is 8.29. The number of carbonyl (C=O) groups is 1.